The number of hydrogen-bond donors (Lipinski definition) is 0. The van der Waals surface area contributed by atoms with Crippen molar-refractivity contribution in [2.75, 3.05) is 66.5 Å². The zero-order valence-corrected chi connectivity index (χ0v) is 22.1. The van der Waals surface area contributed by atoms with Gasteiger partial charge in [0.05, 0.1) is 0 Å². The Morgan fingerprint density at radius 2 is 1.00 bits per heavy atom. The molecule has 0 spiro atoms. The van der Waals surface area contributed by atoms with Gasteiger partial charge in [-0.25, -0.2) is 0 Å². The second-order valence-corrected chi connectivity index (χ2v) is 8.76. The van der Waals surface area contributed by atoms with Crippen LogP contribution in [0.3, 0.4) is 0 Å². The first-order valence-corrected chi connectivity index (χ1v) is 12.0. The maximum atomic E-state index is 13.0. The highest BCUT2D eigenvalue weighted by Gasteiger charge is 2.40. The molecule has 0 saturated carbocycles. The van der Waals surface area contributed by atoms with Gasteiger partial charge >= 0.3 is 0 Å². The molecule has 0 aromatic heterocycles. The fourth-order valence-corrected chi connectivity index (χ4v) is 4.12. The summed E-state index contributed by atoms with van der Waals surface area (Å²) in [6, 6.07) is 0. The summed E-state index contributed by atoms with van der Waals surface area (Å²) < 4.78 is 0. The molecule has 0 atom stereocenters. The maximum absolute atomic E-state index is 13.0. The lowest BCUT2D eigenvalue weighted by molar-refractivity contribution is -0.144. The largest absolute Gasteiger partial charge is 0.340 e. The second kappa shape index (κ2) is 15.2. The number of likely N-dealkylation sites (N-methyl/N-ethyl adjacent to an activating group) is 2. The minimum Gasteiger partial charge on any atom is -0.340 e. The summed E-state index contributed by atoms with van der Waals surface area (Å²) in [6.07, 6.45) is 0.912. The smallest absolute Gasteiger partial charge is 0.228 e. The molecular weight excluding hydrogens is 360 g/mol. The van der Waals surface area contributed by atoms with Gasteiger partial charge in [0.2, 0.25) is 5.91 Å². The SMILES string of the molecule is CC.CC.CC.CN1CCN(C(=O)C(C)(C)CC(C)(C)N2CCN(C)CC2)CC1. The number of carbonyl (C=O) groups excluding carboxylic acids is 1. The van der Waals surface area contributed by atoms with Crippen LogP contribution in [0.2, 0.25) is 0 Å². The van der Waals surface area contributed by atoms with Crippen molar-refractivity contribution in [3.05, 3.63) is 0 Å². The lowest BCUT2D eigenvalue weighted by atomic mass is 9.77. The molecule has 29 heavy (non-hydrogen) atoms. The maximum Gasteiger partial charge on any atom is 0.228 e. The third-order valence-electron chi connectivity index (χ3n) is 5.60. The van der Waals surface area contributed by atoms with E-state index < -0.39 is 0 Å². The molecule has 0 unspecified atom stereocenters. The lowest BCUT2D eigenvalue weighted by Crippen LogP contribution is -2.57. The summed E-state index contributed by atoms with van der Waals surface area (Å²) in [5, 5.41) is 0. The van der Waals surface area contributed by atoms with Crippen LogP contribution in [0.15, 0.2) is 0 Å². The molecule has 0 aromatic carbocycles. The first-order chi connectivity index (χ1) is 13.6. The van der Waals surface area contributed by atoms with Crippen LogP contribution >= 0.6 is 0 Å². The molecule has 176 valence electrons. The number of amides is 1. The predicted octanol–water partition coefficient (Wildman–Crippen LogP) is 4.28. The molecular formula is C24H54N4O. The fourth-order valence-electron chi connectivity index (χ4n) is 4.12. The summed E-state index contributed by atoms with van der Waals surface area (Å²) in [5.74, 6) is 0.327. The number of nitrogens with zero attached hydrogens (tertiary/aromatic N) is 4. The van der Waals surface area contributed by atoms with Crippen molar-refractivity contribution < 1.29 is 4.79 Å². The number of hydrogen-bond acceptors (Lipinski definition) is 4. The first-order valence-electron chi connectivity index (χ1n) is 12.0. The Morgan fingerprint density at radius 3 is 1.38 bits per heavy atom. The van der Waals surface area contributed by atoms with Crippen molar-refractivity contribution in [1.29, 1.82) is 0 Å². The number of carbonyl (C=O) groups is 1. The van der Waals surface area contributed by atoms with E-state index >= 15 is 0 Å². The Hall–Kier alpha value is -0.650. The van der Waals surface area contributed by atoms with E-state index in [1.165, 1.54) is 0 Å². The zero-order valence-electron chi connectivity index (χ0n) is 22.1. The van der Waals surface area contributed by atoms with E-state index in [4.69, 9.17) is 0 Å². The lowest BCUT2D eigenvalue weighted by Gasteiger charge is -2.47. The van der Waals surface area contributed by atoms with Gasteiger partial charge in [-0.05, 0) is 34.4 Å². The van der Waals surface area contributed by atoms with Crippen LogP contribution in [0.4, 0.5) is 0 Å². The average molecular weight is 415 g/mol. The Labute approximate surface area is 183 Å². The highest BCUT2D eigenvalue weighted by molar-refractivity contribution is 5.82. The topological polar surface area (TPSA) is 30.0 Å². The molecule has 2 heterocycles. The third kappa shape index (κ3) is 10.3. The van der Waals surface area contributed by atoms with Gasteiger partial charge in [-0.15, -0.1) is 0 Å². The van der Waals surface area contributed by atoms with Crippen LogP contribution in [0.5, 0.6) is 0 Å². The summed E-state index contributed by atoms with van der Waals surface area (Å²) in [6.45, 7) is 29.0. The van der Waals surface area contributed by atoms with E-state index in [2.05, 4.69) is 61.4 Å². The van der Waals surface area contributed by atoms with Gasteiger partial charge < -0.3 is 14.7 Å². The Bertz CT molecular complexity index is 407. The van der Waals surface area contributed by atoms with Crippen LogP contribution in [0, 0.1) is 5.41 Å². The van der Waals surface area contributed by atoms with Crippen LogP contribution in [0.1, 0.15) is 75.7 Å². The van der Waals surface area contributed by atoms with Crippen molar-refractivity contribution in [1.82, 2.24) is 19.6 Å². The molecule has 2 aliphatic heterocycles. The molecule has 1 amide bonds. The normalized spacial score (nSPS) is 19.1. The van der Waals surface area contributed by atoms with Gasteiger partial charge in [-0.1, -0.05) is 55.4 Å². The van der Waals surface area contributed by atoms with Gasteiger partial charge in [0.25, 0.3) is 0 Å². The van der Waals surface area contributed by atoms with Crippen molar-refractivity contribution in [3.8, 4) is 0 Å². The highest BCUT2D eigenvalue weighted by atomic mass is 16.2. The highest BCUT2D eigenvalue weighted by Crippen LogP contribution is 2.34. The second-order valence-electron chi connectivity index (χ2n) is 8.76. The van der Waals surface area contributed by atoms with Gasteiger partial charge in [0.1, 0.15) is 0 Å². The summed E-state index contributed by atoms with van der Waals surface area (Å²) >= 11 is 0. The number of rotatable bonds is 4. The van der Waals surface area contributed by atoms with Crippen molar-refractivity contribution >= 4 is 5.91 Å². The average Bonchev–Trinajstić information content (AvgIpc) is 2.72. The molecule has 0 N–H and O–H groups in total. The molecule has 0 bridgehead atoms. The Balaban J connectivity index is 0. The van der Waals surface area contributed by atoms with E-state index in [1.54, 1.807) is 0 Å². The Kier molecular flexibility index (Phi) is 16.0. The quantitative estimate of drug-likeness (QED) is 0.687. The molecule has 5 nitrogen and oxygen atoms in total. The van der Waals surface area contributed by atoms with Crippen LogP contribution in [-0.4, -0.2) is 97.5 Å². The molecule has 0 aliphatic carbocycles. The molecule has 2 aliphatic rings. The molecule has 2 fully saturated rings. The van der Waals surface area contributed by atoms with Crippen molar-refractivity contribution in [3.63, 3.8) is 0 Å². The van der Waals surface area contributed by atoms with E-state index in [9.17, 15) is 4.79 Å². The van der Waals surface area contributed by atoms with E-state index in [1.807, 2.05) is 41.5 Å². The first kappa shape index (κ1) is 30.5. The minimum absolute atomic E-state index is 0.0625. The fraction of sp³-hybridized carbons (Fsp3) is 0.958. The number of piperazine rings is 2. The zero-order chi connectivity index (χ0) is 23.3. The Morgan fingerprint density at radius 1 is 0.655 bits per heavy atom. The van der Waals surface area contributed by atoms with E-state index in [0.29, 0.717) is 5.91 Å². The standard InChI is InChI=1S/C18H36N4O.3C2H6/c1-17(2,16(23)21-11-7-19(5)8-12-21)15-18(3,4)22-13-9-20(6)10-14-22;3*1-2/h7-15H2,1-6H3;3*1-2H3. The molecule has 0 aromatic rings. The van der Waals surface area contributed by atoms with Crippen LogP contribution < -0.4 is 0 Å². The molecule has 0 radical (unpaired) electrons. The van der Waals surface area contributed by atoms with Crippen molar-refractivity contribution in [2.24, 2.45) is 5.41 Å². The molecule has 2 saturated heterocycles. The van der Waals surface area contributed by atoms with Crippen LogP contribution in [0.25, 0.3) is 0 Å². The monoisotopic (exact) mass is 414 g/mol. The molecule has 2 rings (SSSR count). The van der Waals surface area contributed by atoms with Gasteiger partial charge in [-0.2, -0.15) is 0 Å². The summed E-state index contributed by atoms with van der Waals surface area (Å²) in [4.78, 5) is 22.3. The summed E-state index contributed by atoms with van der Waals surface area (Å²) in [7, 11) is 4.31. The van der Waals surface area contributed by atoms with Crippen LogP contribution in [-0.2, 0) is 4.79 Å². The van der Waals surface area contributed by atoms with Gasteiger partial charge in [0.15, 0.2) is 0 Å². The van der Waals surface area contributed by atoms with E-state index in [-0.39, 0.29) is 11.0 Å². The molecule has 5 heteroatoms. The third-order valence-corrected chi connectivity index (χ3v) is 5.60. The predicted molar refractivity (Wildman–Crippen MR) is 130 cm³/mol. The summed E-state index contributed by atoms with van der Waals surface area (Å²) in [5.41, 5.74) is -0.240. The van der Waals surface area contributed by atoms with Gasteiger partial charge in [0, 0.05) is 63.3 Å². The van der Waals surface area contributed by atoms with Gasteiger partial charge in [-0.3, -0.25) is 9.69 Å². The minimum atomic E-state index is -0.303. The van der Waals surface area contributed by atoms with Crippen molar-refractivity contribution in [2.45, 2.75) is 81.2 Å². The van der Waals surface area contributed by atoms with E-state index in [0.717, 1.165) is 58.8 Å².